The van der Waals surface area contributed by atoms with Crippen LogP contribution in [0.15, 0.2) is 65.1 Å². The van der Waals surface area contributed by atoms with Crippen LogP contribution in [0.4, 0.5) is 0 Å². The molecule has 0 radical (unpaired) electrons. The Morgan fingerprint density at radius 2 is 1.35 bits per heavy atom. The molecule has 0 saturated heterocycles. The minimum atomic E-state index is -1.22. The molecule has 0 aliphatic carbocycles. The second-order valence-corrected chi connectivity index (χ2v) is 12.2. The largest absolute Gasteiger partial charge is 0.487 e. The molecule has 3 aromatic carbocycles. The standard InChI is InChI=1S/C33H36N2O6S2/c1-18(2)39-28-15-21(16-29(40-19(3)4)32(28)41-20(5)6)14-25(31(36)22-8-11-24(42-7)12-9-22)30(33(37)38)23-10-13-26-27(17-23)35-43-34-26/h8-13,15-20H,14H2,1-7H3,(H,37,38). The molecule has 4 rings (SSSR count). The number of aliphatic carboxylic acids is 1. The summed E-state index contributed by atoms with van der Waals surface area (Å²) in [5.41, 5.74) is 2.64. The molecule has 0 spiro atoms. The van der Waals surface area contributed by atoms with E-state index in [9.17, 15) is 14.7 Å². The highest BCUT2D eigenvalue weighted by molar-refractivity contribution is 7.98. The number of ketones is 1. The zero-order valence-corrected chi connectivity index (χ0v) is 27.0. The van der Waals surface area contributed by atoms with Crippen molar-refractivity contribution >= 4 is 51.8 Å². The van der Waals surface area contributed by atoms with Gasteiger partial charge in [-0.3, -0.25) is 4.79 Å². The number of carbonyl (C=O) groups excluding carboxylic acids is 1. The van der Waals surface area contributed by atoms with E-state index < -0.39 is 5.97 Å². The van der Waals surface area contributed by atoms with Gasteiger partial charge in [-0.05, 0) is 107 Å². The summed E-state index contributed by atoms with van der Waals surface area (Å²) in [6.07, 6.45) is 1.47. The Morgan fingerprint density at radius 3 is 1.88 bits per heavy atom. The number of thioether (sulfide) groups is 1. The van der Waals surface area contributed by atoms with Gasteiger partial charge in [0, 0.05) is 22.5 Å². The quantitative estimate of drug-likeness (QED) is 0.0912. The van der Waals surface area contributed by atoms with E-state index in [1.54, 1.807) is 54.2 Å². The van der Waals surface area contributed by atoms with E-state index in [2.05, 4.69) is 8.75 Å². The third-order valence-electron chi connectivity index (χ3n) is 6.22. The molecule has 0 bridgehead atoms. The molecule has 0 unspecified atom stereocenters. The van der Waals surface area contributed by atoms with Crippen LogP contribution in [0.5, 0.6) is 17.2 Å². The van der Waals surface area contributed by atoms with Gasteiger partial charge in [-0.2, -0.15) is 8.75 Å². The Hall–Kier alpha value is -3.89. The maximum absolute atomic E-state index is 14.2. The second kappa shape index (κ2) is 14.1. The van der Waals surface area contributed by atoms with Gasteiger partial charge in [0.05, 0.1) is 35.6 Å². The van der Waals surface area contributed by atoms with E-state index in [0.29, 0.717) is 45.0 Å². The van der Waals surface area contributed by atoms with E-state index in [1.807, 2.05) is 59.9 Å². The van der Waals surface area contributed by atoms with Crippen LogP contribution >= 0.6 is 23.5 Å². The van der Waals surface area contributed by atoms with Gasteiger partial charge in [0.1, 0.15) is 11.0 Å². The lowest BCUT2D eigenvalue weighted by molar-refractivity contribution is -0.130. The number of hydrogen-bond acceptors (Lipinski definition) is 9. The third-order valence-corrected chi connectivity index (χ3v) is 7.52. The van der Waals surface area contributed by atoms with Crippen LogP contribution in [0.25, 0.3) is 16.6 Å². The molecule has 4 aromatic rings. The van der Waals surface area contributed by atoms with Crippen molar-refractivity contribution in [3.8, 4) is 17.2 Å². The first-order valence-electron chi connectivity index (χ1n) is 14.0. The maximum Gasteiger partial charge on any atom is 0.336 e. The van der Waals surface area contributed by atoms with Crippen molar-refractivity contribution in [1.29, 1.82) is 0 Å². The Balaban J connectivity index is 1.95. The summed E-state index contributed by atoms with van der Waals surface area (Å²) < 4.78 is 26.9. The molecule has 0 aliphatic heterocycles. The van der Waals surface area contributed by atoms with E-state index in [1.165, 1.54) is 0 Å². The molecule has 0 atom stereocenters. The first kappa shape index (κ1) is 32.0. The molecular formula is C33H36N2O6S2. The number of rotatable bonds is 13. The number of nitrogens with zero attached hydrogens (tertiary/aromatic N) is 2. The summed E-state index contributed by atoms with van der Waals surface area (Å²) in [7, 11) is 0. The molecule has 0 fully saturated rings. The maximum atomic E-state index is 14.2. The monoisotopic (exact) mass is 620 g/mol. The van der Waals surface area contributed by atoms with Crippen LogP contribution in [-0.4, -0.2) is 50.2 Å². The van der Waals surface area contributed by atoms with Crippen LogP contribution in [0.3, 0.4) is 0 Å². The minimum absolute atomic E-state index is 0.00294. The molecular weight excluding hydrogens is 585 g/mol. The average Bonchev–Trinajstić information content (AvgIpc) is 3.41. The summed E-state index contributed by atoms with van der Waals surface area (Å²) >= 11 is 2.60. The van der Waals surface area contributed by atoms with Gasteiger partial charge in [0.15, 0.2) is 17.3 Å². The predicted octanol–water partition coefficient (Wildman–Crippen LogP) is 7.74. The number of benzene rings is 3. The van der Waals surface area contributed by atoms with Gasteiger partial charge in [-0.1, -0.05) is 6.07 Å². The Morgan fingerprint density at radius 1 is 0.791 bits per heavy atom. The van der Waals surface area contributed by atoms with E-state index in [4.69, 9.17) is 14.2 Å². The summed E-state index contributed by atoms with van der Waals surface area (Å²) in [5, 5.41) is 10.5. The van der Waals surface area contributed by atoms with Crippen LogP contribution in [0.1, 0.15) is 63.0 Å². The average molecular weight is 621 g/mol. The predicted molar refractivity (Wildman–Crippen MR) is 172 cm³/mol. The van der Waals surface area contributed by atoms with Crippen molar-refractivity contribution in [3.63, 3.8) is 0 Å². The summed E-state index contributed by atoms with van der Waals surface area (Å²) in [6.45, 7) is 11.5. The number of hydrogen-bond donors (Lipinski definition) is 1. The van der Waals surface area contributed by atoms with Gasteiger partial charge in [0.2, 0.25) is 5.75 Å². The van der Waals surface area contributed by atoms with Crippen LogP contribution in [0, 0.1) is 0 Å². The molecule has 43 heavy (non-hydrogen) atoms. The lowest BCUT2D eigenvalue weighted by Gasteiger charge is -2.23. The number of aromatic nitrogens is 2. The number of allylic oxidation sites excluding steroid dienone is 1. The molecule has 8 nitrogen and oxygen atoms in total. The number of carboxylic acid groups (broad SMARTS) is 1. The lowest BCUT2D eigenvalue weighted by Crippen LogP contribution is -2.16. The fraction of sp³-hybridized carbons (Fsp3) is 0.333. The molecule has 226 valence electrons. The van der Waals surface area contributed by atoms with E-state index >= 15 is 0 Å². The summed E-state index contributed by atoms with van der Waals surface area (Å²) in [4.78, 5) is 28.1. The highest BCUT2D eigenvalue weighted by Crippen LogP contribution is 2.42. The van der Waals surface area contributed by atoms with Crippen molar-refractivity contribution in [1.82, 2.24) is 8.75 Å². The summed E-state index contributed by atoms with van der Waals surface area (Å²) in [6, 6.07) is 15.8. The van der Waals surface area contributed by atoms with Crippen molar-refractivity contribution in [2.24, 2.45) is 0 Å². The van der Waals surface area contributed by atoms with E-state index in [-0.39, 0.29) is 41.7 Å². The summed E-state index contributed by atoms with van der Waals surface area (Å²) in [5.74, 6) is -0.226. The molecule has 1 heterocycles. The van der Waals surface area contributed by atoms with Gasteiger partial charge >= 0.3 is 5.97 Å². The van der Waals surface area contributed by atoms with Gasteiger partial charge in [-0.15, -0.1) is 11.8 Å². The molecule has 1 N–H and O–H groups in total. The van der Waals surface area contributed by atoms with Crippen molar-refractivity contribution in [3.05, 3.63) is 76.9 Å². The van der Waals surface area contributed by atoms with Crippen LogP contribution in [-0.2, 0) is 11.2 Å². The first-order valence-corrected chi connectivity index (χ1v) is 16.0. The topological polar surface area (TPSA) is 108 Å². The molecule has 0 amide bonds. The highest BCUT2D eigenvalue weighted by Gasteiger charge is 2.26. The molecule has 0 saturated carbocycles. The zero-order chi connectivity index (χ0) is 31.3. The molecule has 0 aliphatic rings. The number of Topliss-reactive ketones (excluding diaryl/α,β-unsaturated/α-hetero) is 1. The smallest absolute Gasteiger partial charge is 0.336 e. The lowest BCUT2D eigenvalue weighted by atomic mass is 9.89. The fourth-order valence-electron chi connectivity index (χ4n) is 4.54. The second-order valence-electron chi connectivity index (χ2n) is 10.8. The third kappa shape index (κ3) is 7.94. The first-order chi connectivity index (χ1) is 20.5. The minimum Gasteiger partial charge on any atom is -0.487 e. The van der Waals surface area contributed by atoms with Crippen molar-refractivity contribution in [2.75, 3.05) is 6.26 Å². The van der Waals surface area contributed by atoms with Crippen LogP contribution < -0.4 is 14.2 Å². The Kier molecular flexibility index (Phi) is 10.5. The van der Waals surface area contributed by atoms with Crippen molar-refractivity contribution in [2.45, 2.75) is 71.2 Å². The normalized spacial score (nSPS) is 12.1. The van der Waals surface area contributed by atoms with Crippen molar-refractivity contribution < 1.29 is 28.9 Å². The number of fused-ring (bicyclic) bond motifs is 1. The zero-order valence-electron chi connectivity index (χ0n) is 25.3. The number of carboxylic acids is 1. The SMILES string of the molecule is CSc1ccc(C(=O)C(Cc2cc(OC(C)C)c(OC(C)C)c(OC(C)C)c2)=C(C(=O)O)c2ccc3nsnc3c2)cc1. The van der Waals surface area contributed by atoms with Gasteiger partial charge < -0.3 is 19.3 Å². The number of carbonyl (C=O) groups is 2. The van der Waals surface area contributed by atoms with Crippen LogP contribution in [0.2, 0.25) is 0 Å². The molecule has 1 aromatic heterocycles. The Labute approximate surface area is 260 Å². The van der Waals surface area contributed by atoms with Gasteiger partial charge in [-0.25, -0.2) is 4.79 Å². The van der Waals surface area contributed by atoms with Gasteiger partial charge in [0.25, 0.3) is 0 Å². The number of ether oxygens (including phenoxy) is 3. The highest BCUT2D eigenvalue weighted by atomic mass is 32.2. The van der Waals surface area contributed by atoms with E-state index in [0.717, 1.165) is 16.6 Å². The Bertz CT molecular complexity index is 1610. The fourth-order valence-corrected chi connectivity index (χ4v) is 5.46. The molecule has 10 heteroatoms.